The summed E-state index contributed by atoms with van der Waals surface area (Å²) >= 11 is 0. The number of carbonyl (C=O) groups excluding carboxylic acids is 2. The van der Waals surface area contributed by atoms with Crippen LogP contribution in [0.2, 0.25) is 0 Å². The Hall–Kier alpha value is -1.10. The van der Waals surface area contributed by atoms with Crippen LogP contribution in [0.4, 0.5) is 0 Å². The van der Waals surface area contributed by atoms with Gasteiger partial charge >= 0.3 is 0 Å². The molecule has 1 N–H and O–H groups in total. The zero-order chi connectivity index (χ0) is 12.3. The lowest BCUT2D eigenvalue weighted by Crippen LogP contribution is -2.61. The van der Waals surface area contributed by atoms with E-state index in [-0.39, 0.29) is 24.4 Å². The van der Waals surface area contributed by atoms with Crippen molar-refractivity contribution in [2.24, 2.45) is 0 Å². The quantitative estimate of drug-likeness (QED) is 0.692. The van der Waals surface area contributed by atoms with Crippen LogP contribution in [0.25, 0.3) is 0 Å². The number of hydrogen-bond acceptors (Lipinski definition) is 3. The molecule has 96 valence electrons. The average molecular weight is 239 g/mol. The summed E-state index contributed by atoms with van der Waals surface area (Å²) in [5, 5.41) is 3.18. The van der Waals surface area contributed by atoms with Crippen LogP contribution in [0.3, 0.4) is 0 Å². The molecule has 2 rings (SSSR count). The zero-order valence-corrected chi connectivity index (χ0v) is 10.4. The molecule has 2 aliphatic heterocycles. The smallest absolute Gasteiger partial charge is 0.245 e. The highest BCUT2D eigenvalue weighted by Gasteiger charge is 2.39. The molecular weight excluding hydrogens is 218 g/mol. The van der Waals surface area contributed by atoms with Gasteiger partial charge in [-0.1, -0.05) is 6.92 Å². The molecule has 2 saturated heterocycles. The highest BCUT2D eigenvalue weighted by Crippen LogP contribution is 2.22. The summed E-state index contributed by atoms with van der Waals surface area (Å²) in [5.41, 5.74) is 0. The second-order valence-corrected chi connectivity index (χ2v) is 4.71. The molecule has 1 unspecified atom stereocenters. The molecule has 2 heterocycles. The first-order valence-corrected chi connectivity index (χ1v) is 6.53. The molecule has 2 fully saturated rings. The summed E-state index contributed by atoms with van der Waals surface area (Å²) in [5.74, 6) is 0.257. The second-order valence-electron chi connectivity index (χ2n) is 4.71. The number of piperidine rings is 1. The van der Waals surface area contributed by atoms with E-state index in [2.05, 4.69) is 5.32 Å². The number of fused-ring (bicyclic) bond motifs is 1. The van der Waals surface area contributed by atoms with E-state index in [1.54, 1.807) is 9.80 Å². The van der Waals surface area contributed by atoms with Gasteiger partial charge in [0.05, 0.1) is 6.54 Å². The van der Waals surface area contributed by atoms with Crippen molar-refractivity contribution in [2.75, 3.05) is 32.7 Å². The van der Waals surface area contributed by atoms with E-state index >= 15 is 0 Å². The maximum absolute atomic E-state index is 12.2. The van der Waals surface area contributed by atoms with Gasteiger partial charge in [0.1, 0.15) is 6.04 Å². The first kappa shape index (κ1) is 12.4. The fourth-order valence-electron chi connectivity index (χ4n) is 2.61. The minimum absolute atomic E-state index is 0.116. The Morgan fingerprint density at radius 3 is 2.94 bits per heavy atom. The van der Waals surface area contributed by atoms with Crippen LogP contribution in [0.15, 0.2) is 0 Å². The summed E-state index contributed by atoms with van der Waals surface area (Å²) in [6.45, 7) is 5.36. The lowest BCUT2D eigenvalue weighted by Gasteiger charge is -2.42. The molecular formula is C12H21N3O2. The first-order valence-electron chi connectivity index (χ1n) is 6.53. The Labute approximate surface area is 102 Å². The van der Waals surface area contributed by atoms with E-state index in [0.717, 1.165) is 38.9 Å². The van der Waals surface area contributed by atoms with E-state index in [1.165, 1.54) is 0 Å². The van der Waals surface area contributed by atoms with E-state index < -0.39 is 0 Å². The van der Waals surface area contributed by atoms with Crippen LogP contribution in [0, 0.1) is 0 Å². The van der Waals surface area contributed by atoms with Gasteiger partial charge in [-0.2, -0.15) is 0 Å². The fourth-order valence-corrected chi connectivity index (χ4v) is 2.61. The number of hydrogen-bond donors (Lipinski definition) is 1. The van der Waals surface area contributed by atoms with Crippen molar-refractivity contribution >= 4 is 11.8 Å². The molecule has 0 aromatic carbocycles. The Bertz CT molecular complexity index is 306. The Balaban J connectivity index is 1.96. The number of piperazine rings is 1. The topological polar surface area (TPSA) is 52.7 Å². The molecule has 1 atom stereocenters. The summed E-state index contributed by atoms with van der Waals surface area (Å²) < 4.78 is 0. The third-order valence-electron chi connectivity index (χ3n) is 3.55. The van der Waals surface area contributed by atoms with Gasteiger partial charge in [-0.05, 0) is 25.8 Å². The summed E-state index contributed by atoms with van der Waals surface area (Å²) in [6, 6.07) is -0.174. The van der Waals surface area contributed by atoms with Crippen LogP contribution in [-0.2, 0) is 9.59 Å². The number of nitrogens with one attached hydrogen (secondary N) is 1. The van der Waals surface area contributed by atoms with Crippen molar-refractivity contribution in [1.82, 2.24) is 15.1 Å². The molecule has 0 aromatic heterocycles. The molecule has 17 heavy (non-hydrogen) atoms. The van der Waals surface area contributed by atoms with Crippen molar-refractivity contribution < 1.29 is 9.59 Å². The Kier molecular flexibility index (Phi) is 3.99. The average Bonchev–Trinajstić information content (AvgIpc) is 2.36. The van der Waals surface area contributed by atoms with Gasteiger partial charge < -0.3 is 15.1 Å². The Morgan fingerprint density at radius 2 is 2.18 bits per heavy atom. The van der Waals surface area contributed by atoms with Gasteiger partial charge in [0, 0.05) is 19.6 Å². The molecule has 0 aliphatic carbocycles. The third-order valence-corrected chi connectivity index (χ3v) is 3.55. The molecule has 5 heteroatoms. The number of amides is 2. The largest absolute Gasteiger partial charge is 0.330 e. The van der Waals surface area contributed by atoms with Gasteiger partial charge in [-0.15, -0.1) is 0 Å². The van der Waals surface area contributed by atoms with Crippen LogP contribution in [-0.4, -0.2) is 60.4 Å². The van der Waals surface area contributed by atoms with Crippen molar-refractivity contribution in [3.05, 3.63) is 0 Å². The van der Waals surface area contributed by atoms with Crippen LogP contribution in [0.5, 0.6) is 0 Å². The van der Waals surface area contributed by atoms with Gasteiger partial charge in [0.25, 0.3) is 0 Å². The number of carbonyl (C=O) groups is 2. The van der Waals surface area contributed by atoms with Crippen molar-refractivity contribution in [1.29, 1.82) is 0 Å². The zero-order valence-electron chi connectivity index (χ0n) is 10.4. The fraction of sp³-hybridized carbons (Fsp3) is 0.833. The molecule has 5 nitrogen and oxygen atoms in total. The Morgan fingerprint density at radius 1 is 1.35 bits per heavy atom. The van der Waals surface area contributed by atoms with Crippen molar-refractivity contribution in [2.45, 2.75) is 32.2 Å². The molecule has 0 bridgehead atoms. The van der Waals surface area contributed by atoms with Gasteiger partial charge in [0.15, 0.2) is 0 Å². The summed E-state index contributed by atoms with van der Waals surface area (Å²) in [6.07, 6.45) is 2.93. The van der Waals surface area contributed by atoms with Crippen molar-refractivity contribution in [3.63, 3.8) is 0 Å². The lowest BCUT2D eigenvalue weighted by atomic mass is 9.98. The maximum atomic E-state index is 12.2. The lowest BCUT2D eigenvalue weighted by molar-refractivity contribution is -0.157. The summed E-state index contributed by atoms with van der Waals surface area (Å²) in [4.78, 5) is 27.6. The molecule has 2 amide bonds. The maximum Gasteiger partial charge on any atom is 0.245 e. The van der Waals surface area contributed by atoms with E-state index in [4.69, 9.17) is 0 Å². The van der Waals surface area contributed by atoms with Gasteiger partial charge in [-0.3, -0.25) is 9.59 Å². The third kappa shape index (κ3) is 2.60. The van der Waals surface area contributed by atoms with Crippen molar-refractivity contribution in [3.8, 4) is 0 Å². The highest BCUT2D eigenvalue weighted by molar-refractivity contribution is 5.95. The predicted molar refractivity (Wildman–Crippen MR) is 64.5 cm³/mol. The minimum Gasteiger partial charge on any atom is -0.330 e. The second kappa shape index (κ2) is 5.49. The number of likely N-dealkylation sites (N-methyl/N-ethyl adjacent to an activating group) is 1. The SMILES string of the molecule is CCNCCN1CC(=O)N2CCCCC2C1=O. The van der Waals surface area contributed by atoms with E-state index in [0.29, 0.717) is 6.54 Å². The minimum atomic E-state index is -0.174. The summed E-state index contributed by atoms with van der Waals surface area (Å²) in [7, 11) is 0. The molecule has 0 spiro atoms. The monoisotopic (exact) mass is 239 g/mol. The normalized spacial score (nSPS) is 25.1. The predicted octanol–water partition coefficient (Wildman–Crippen LogP) is -0.181. The van der Waals surface area contributed by atoms with E-state index in [9.17, 15) is 9.59 Å². The molecule has 0 aromatic rings. The molecule has 0 saturated carbocycles. The highest BCUT2D eigenvalue weighted by atomic mass is 16.2. The standard InChI is InChI=1S/C12H21N3O2/c1-2-13-6-8-14-9-11(16)15-7-4-3-5-10(15)12(14)17/h10,13H,2-9H2,1H3. The van der Waals surface area contributed by atoms with Crippen LogP contribution >= 0.6 is 0 Å². The van der Waals surface area contributed by atoms with E-state index in [1.807, 2.05) is 6.92 Å². The number of rotatable bonds is 4. The van der Waals surface area contributed by atoms with Gasteiger partial charge in [0.2, 0.25) is 11.8 Å². The van der Waals surface area contributed by atoms with Crippen LogP contribution < -0.4 is 5.32 Å². The molecule has 2 aliphatic rings. The molecule has 0 radical (unpaired) electrons. The van der Waals surface area contributed by atoms with Gasteiger partial charge in [-0.25, -0.2) is 0 Å². The number of nitrogens with zero attached hydrogens (tertiary/aromatic N) is 2. The van der Waals surface area contributed by atoms with Crippen LogP contribution in [0.1, 0.15) is 26.2 Å². The first-order chi connectivity index (χ1) is 8.24.